The SMILES string of the molecule is CCC1(C(=O)NC(C)c2cc(C)ccc2OC)CCNC1. The Morgan fingerprint density at radius 2 is 2.29 bits per heavy atom. The van der Waals surface area contributed by atoms with Crippen LogP contribution in [0.15, 0.2) is 18.2 Å². The number of benzene rings is 1. The summed E-state index contributed by atoms with van der Waals surface area (Å²) >= 11 is 0. The van der Waals surface area contributed by atoms with Crippen molar-refractivity contribution in [2.45, 2.75) is 39.7 Å². The van der Waals surface area contributed by atoms with Gasteiger partial charge in [-0.25, -0.2) is 0 Å². The van der Waals surface area contributed by atoms with Gasteiger partial charge in [-0.2, -0.15) is 0 Å². The van der Waals surface area contributed by atoms with Gasteiger partial charge < -0.3 is 15.4 Å². The first-order valence-corrected chi connectivity index (χ1v) is 7.68. The quantitative estimate of drug-likeness (QED) is 0.876. The van der Waals surface area contributed by atoms with Gasteiger partial charge in [-0.15, -0.1) is 0 Å². The van der Waals surface area contributed by atoms with Gasteiger partial charge in [-0.05, 0) is 39.3 Å². The number of nitrogens with one attached hydrogen (secondary N) is 2. The highest BCUT2D eigenvalue weighted by Gasteiger charge is 2.39. The monoisotopic (exact) mass is 290 g/mol. The number of amides is 1. The minimum Gasteiger partial charge on any atom is -0.496 e. The fraction of sp³-hybridized carbons (Fsp3) is 0.588. The zero-order valence-corrected chi connectivity index (χ0v) is 13.5. The second kappa shape index (κ2) is 6.48. The third-order valence-corrected chi connectivity index (χ3v) is 4.60. The third kappa shape index (κ3) is 3.21. The van der Waals surface area contributed by atoms with Gasteiger partial charge in [0.05, 0.1) is 18.6 Å². The van der Waals surface area contributed by atoms with Crippen LogP contribution in [0.2, 0.25) is 0 Å². The number of hydrogen-bond acceptors (Lipinski definition) is 3. The van der Waals surface area contributed by atoms with E-state index < -0.39 is 0 Å². The Hall–Kier alpha value is -1.55. The van der Waals surface area contributed by atoms with Crippen LogP contribution in [0.25, 0.3) is 0 Å². The minimum atomic E-state index is -0.259. The largest absolute Gasteiger partial charge is 0.496 e. The van der Waals surface area contributed by atoms with E-state index in [1.54, 1.807) is 7.11 Å². The molecule has 1 saturated heterocycles. The molecule has 1 aliphatic heterocycles. The number of ether oxygens (including phenoxy) is 1. The highest BCUT2D eigenvalue weighted by Crippen LogP contribution is 2.32. The number of carbonyl (C=O) groups is 1. The van der Waals surface area contributed by atoms with Crippen molar-refractivity contribution in [2.24, 2.45) is 5.41 Å². The normalized spacial score (nSPS) is 22.9. The smallest absolute Gasteiger partial charge is 0.228 e. The van der Waals surface area contributed by atoms with Crippen molar-refractivity contribution in [3.05, 3.63) is 29.3 Å². The predicted molar refractivity (Wildman–Crippen MR) is 84.5 cm³/mol. The van der Waals surface area contributed by atoms with E-state index in [0.717, 1.165) is 37.2 Å². The van der Waals surface area contributed by atoms with Crippen molar-refractivity contribution < 1.29 is 9.53 Å². The number of carbonyl (C=O) groups excluding carboxylic acids is 1. The van der Waals surface area contributed by atoms with Crippen LogP contribution in [0.5, 0.6) is 5.75 Å². The lowest BCUT2D eigenvalue weighted by Gasteiger charge is -2.28. The maximum Gasteiger partial charge on any atom is 0.228 e. The molecule has 2 rings (SSSR count). The van der Waals surface area contributed by atoms with Gasteiger partial charge in [-0.3, -0.25) is 4.79 Å². The second-order valence-corrected chi connectivity index (χ2v) is 6.00. The number of rotatable bonds is 5. The maximum absolute atomic E-state index is 12.7. The zero-order chi connectivity index (χ0) is 15.5. The molecule has 0 bridgehead atoms. The first-order valence-electron chi connectivity index (χ1n) is 7.68. The second-order valence-electron chi connectivity index (χ2n) is 6.00. The molecule has 0 aliphatic carbocycles. The average Bonchev–Trinajstić information content (AvgIpc) is 2.97. The Kier molecular flexibility index (Phi) is 4.88. The number of aryl methyl sites for hydroxylation is 1. The predicted octanol–water partition coefficient (Wildman–Crippen LogP) is 2.57. The van der Waals surface area contributed by atoms with Gasteiger partial charge in [0.15, 0.2) is 0 Å². The number of hydrogen-bond donors (Lipinski definition) is 2. The van der Waals surface area contributed by atoms with Crippen LogP contribution in [0.3, 0.4) is 0 Å². The molecule has 0 radical (unpaired) electrons. The molecule has 1 fully saturated rings. The lowest BCUT2D eigenvalue weighted by atomic mass is 9.83. The van der Waals surface area contributed by atoms with Gasteiger partial charge in [0.25, 0.3) is 0 Å². The van der Waals surface area contributed by atoms with Crippen LogP contribution in [-0.2, 0) is 4.79 Å². The Balaban J connectivity index is 2.16. The molecule has 21 heavy (non-hydrogen) atoms. The van der Waals surface area contributed by atoms with Crippen LogP contribution in [-0.4, -0.2) is 26.1 Å². The molecule has 0 saturated carbocycles. The Bertz CT molecular complexity index is 508. The van der Waals surface area contributed by atoms with E-state index in [1.807, 2.05) is 26.0 Å². The molecule has 1 amide bonds. The van der Waals surface area contributed by atoms with Crippen molar-refractivity contribution in [3.63, 3.8) is 0 Å². The van der Waals surface area contributed by atoms with E-state index in [-0.39, 0.29) is 17.4 Å². The maximum atomic E-state index is 12.7. The standard InChI is InChI=1S/C17H26N2O2/c1-5-17(8-9-18-11-17)16(20)19-13(3)14-10-12(2)6-7-15(14)21-4/h6-7,10,13,18H,5,8-9,11H2,1-4H3,(H,19,20). The van der Waals surface area contributed by atoms with Gasteiger partial charge in [-0.1, -0.05) is 24.6 Å². The summed E-state index contributed by atoms with van der Waals surface area (Å²) in [5, 5.41) is 6.48. The molecule has 0 spiro atoms. The zero-order valence-electron chi connectivity index (χ0n) is 13.5. The average molecular weight is 290 g/mol. The minimum absolute atomic E-state index is 0.0589. The van der Waals surface area contributed by atoms with Crippen LogP contribution in [0.1, 0.15) is 43.9 Å². The van der Waals surface area contributed by atoms with E-state index in [2.05, 4.69) is 23.6 Å². The first kappa shape index (κ1) is 15.8. The molecule has 0 aromatic heterocycles. The molecule has 4 nitrogen and oxygen atoms in total. The molecule has 1 aromatic rings. The Labute approximate surface area is 127 Å². The summed E-state index contributed by atoms with van der Waals surface area (Å²) in [4.78, 5) is 12.7. The summed E-state index contributed by atoms with van der Waals surface area (Å²) in [6.45, 7) is 7.84. The van der Waals surface area contributed by atoms with E-state index in [1.165, 1.54) is 5.56 Å². The third-order valence-electron chi connectivity index (χ3n) is 4.60. The van der Waals surface area contributed by atoms with Crippen molar-refractivity contribution in [2.75, 3.05) is 20.2 Å². The molecular formula is C17H26N2O2. The van der Waals surface area contributed by atoms with Crippen molar-refractivity contribution in [3.8, 4) is 5.75 Å². The van der Waals surface area contributed by atoms with Gasteiger partial charge in [0.2, 0.25) is 5.91 Å². The van der Waals surface area contributed by atoms with Crippen LogP contribution >= 0.6 is 0 Å². The molecule has 2 unspecified atom stereocenters. The summed E-state index contributed by atoms with van der Waals surface area (Å²) in [5.41, 5.74) is 1.94. The molecule has 2 atom stereocenters. The highest BCUT2D eigenvalue weighted by molar-refractivity contribution is 5.83. The molecular weight excluding hydrogens is 264 g/mol. The molecule has 4 heteroatoms. The Morgan fingerprint density at radius 3 is 2.86 bits per heavy atom. The summed E-state index contributed by atoms with van der Waals surface area (Å²) in [7, 11) is 1.66. The fourth-order valence-electron chi connectivity index (χ4n) is 3.02. The number of methoxy groups -OCH3 is 1. The van der Waals surface area contributed by atoms with Crippen LogP contribution in [0, 0.1) is 12.3 Å². The van der Waals surface area contributed by atoms with Gasteiger partial charge >= 0.3 is 0 Å². The summed E-state index contributed by atoms with van der Waals surface area (Å²) in [6, 6.07) is 6.00. The molecule has 1 aliphatic rings. The van der Waals surface area contributed by atoms with E-state index in [0.29, 0.717) is 0 Å². The van der Waals surface area contributed by atoms with E-state index in [4.69, 9.17) is 4.74 Å². The molecule has 2 N–H and O–H groups in total. The van der Waals surface area contributed by atoms with Crippen molar-refractivity contribution in [1.29, 1.82) is 0 Å². The van der Waals surface area contributed by atoms with E-state index >= 15 is 0 Å². The topological polar surface area (TPSA) is 50.4 Å². The van der Waals surface area contributed by atoms with E-state index in [9.17, 15) is 4.79 Å². The molecule has 1 heterocycles. The summed E-state index contributed by atoms with van der Waals surface area (Å²) in [5.74, 6) is 0.967. The van der Waals surface area contributed by atoms with Gasteiger partial charge in [0.1, 0.15) is 5.75 Å². The lowest BCUT2D eigenvalue weighted by molar-refractivity contribution is -0.131. The summed E-state index contributed by atoms with van der Waals surface area (Å²) < 4.78 is 5.42. The van der Waals surface area contributed by atoms with Crippen molar-refractivity contribution in [1.82, 2.24) is 10.6 Å². The van der Waals surface area contributed by atoms with Crippen LogP contribution < -0.4 is 15.4 Å². The fourth-order valence-corrected chi connectivity index (χ4v) is 3.02. The van der Waals surface area contributed by atoms with Gasteiger partial charge in [0, 0.05) is 12.1 Å². The molecule has 116 valence electrons. The highest BCUT2D eigenvalue weighted by atomic mass is 16.5. The first-order chi connectivity index (χ1) is 10.0. The Morgan fingerprint density at radius 1 is 1.52 bits per heavy atom. The summed E-state index contributed by atoms with van der Waals surface area (Å²) in [6.07, 6.45) is 1.77. The molecule has 1 aromatic carbocycles. The van der Waals surface area contributed by atoms with Crippen LogP contribution in [0.4, 0.5) is 0 Å². The lowest BCUT2D eigenvalue weighted by Crippen LogP contribution is -2.43. The van der Waals surface area contributed by atoms with Crippen molar-refractivity contribution >= 4 is 5.91 Å².